The van der Waals surface area contributed by atoms with E-state index in [4.69, 9.17) is 21.1 Å². The molecule has 0 atom stereocenters. The third kappa shape index (κ3) is 4.14. The highest BCUT2D eigenvalue weighted by atomic mass is 35.5. The number of fused-ring (bicyclic) bond motifs is 1. The second kappa shape index (κ2) is 8.08. The van der Waals surface area contributed by atoms with Crippen LogP contribution in [-0.2, 0) is 11.2 Å². The molecule has 0 bridgehead atoms. The van der Waals surface area contributed by atoms with Crippen LogP contribution in [0, 0.1) is 5.92 Å². The van der Waals surface area contributed by atoms with Gasteiger partial charge in [-0.1, -0.05) is 18.5 Å². The van der Waals surface area contributed by atoms with Crippen molar-refractivity contribution in [3.8, 4) is 11.5 Å². The number of carbonyl (C=O) groups is 1. The first-order valence-electron chi connectivity index (χ1n) is 8.74. The molecular formula is C18H25ClN2O3. The van der Waals surface area contributed by atoms with Gasteiger partial charge in [-0.15, -0.1) is 0 Å². The molecule has 1 fully saturated rings. The highest BCUT2D eigenvalue weighted by Gasteiger charge is 2.24. The first-order valence-corrected chi connectivity index (χ1v) is 9.11. The third-order valence-corrected chi connectivity index (χ3v) is 4.94. The summed E-state index contributed by atoms with van der Waals surface area (Å²) in [4.78, 5) is 14.5. The third-order valence-electron chi connectivity index (χ3n) is 4.66. The molecule has 1 saturated heterocycles. The van der Waals surface area contributed by atoms with Crippen molar-refractivity contribution in [3.05, 3.63) is 22.7 Å². The van der Waals surface area contributed by atoms with E-state index in [0.29, 0.717) is 42.1 Å². The molecule has 0 saturated carbocycles. The monoisotopic (exact) mass is 352 g/mol. The molecule has 0 unspecified atom stereocenters. The molecule has 0 aromatic heterocycles. The number of hydrogen-bond acceptors (Lipinski definition) is 4. The Balaban J connectivity index is 1.57. The number of likely N-dealkylation sites (tertiary alicyclic amines) is 1. The number of carbonyl (C=O) groups excluding carboxylic acids is 1. The minimum atomic E-state index is 0.157. The number of nitrogens with zero attached hydrogens (tertiary/aromatic N) is 1. The van der Waals surface area contributed by atoms with Gasteiger partial charge >= 0.3 is 0 Å². The quantitative estimate of drug-likeness (QED) is 0.884. The molecule has 1 N–H and O–H groups in total. The Bertz CT molecular complexity index is 586. The van der Waals surface area contributed by atoms with Gasteiger partial charge in [-0.3, -0.25) is 4.79 Å². The van der Waals surface area contributed by atoms with Crippen molar-refractivity contribution >= 4 is 17.5 Å². The van der Waals surface area contributed by atoms with E-state index in [2.05, 4.69) is 12.2 Å². The van der Waals surface area contributed by atoms with Crippen molar-refractivity contribution < 1.29 is 14.3 Å². The van der Waals surface area contributed by atoms with Crippen LogP contribution in [0.4, 0.5) is 0 Å². The molecule has 6 heteroatoms. The number of nitrogens with one attached hydrogen (secondary N) is 1. The van der Waals surface area contributed by atoms with Gasteiger partial charge in [0.1, 0.15) is 13.2 Å². The zero-order valence-electron chi connectivity index (χ0n) is 14.1. The lowest BCUT2D eigenvalue weighted by Crippen LogP contribution is -2.41. The number of benzene rings is 1. The van der Waals surface area contributed by atoms with E-state index in [1.165, 1.54) is 0 Å². The summed E-state index contributed by atoms with van der Waals surface area (Å²) in [5.41, 5.74) is 0.879. The molecule has 2 aliphatic heterocycles. The number of piperidine rings is 1. The molecule has 1 amide bonds. The largest absolute Gasteiger partial charge is 0.486 e. The second-order valence-electron chi connectivity index (χ2n) is 6.41. The van der Waals surface area contributed by atoms with Crippen molar-refractivity contribution in [3.63, 3.8) is 0 Å². The number of amides is 1. The summed E-state index contributed by atoms with van der Waals surface area (Å²) in [7, 11) is 0. The van der Waals surface area contributed by atoms with Gasteiger partial charge in [-0.05, 0) is 49.5 Å². The van der Waals surface area contributed by atoms with Gasteiger partial charge in [0.05, 0.1) is 11.4 Å². The van der Waals surface area contributed by atoms with E-state index >= 15 is 0 Å². The second-order valence-corrected chi connectivity index (χ2v) is 6.82. The minimum absolute atomic E-state index is 0.157. The van der Waals surface area contributed by atoms with Gasteiger partial charge in [0.15, 0.2) is 11.5 Å². The molecule has 1 aromatic carbocycles. The first-order chi connectivity index (χ1) is 11.7. The minimum Gasteiger partial charge on any atom is -0.486 e. The molecule has 0 aliphatic carbocycles. The number of ether oxygens (including phenoxy) is 2. The van der Waals surface area contributed by atoms with Gasteiger partial charge in [0.25, 0.3) is 0 Å². The Labute approximate surface area is 148 Å². The molecule has 0 spiro atoms. The maximum Gasteiger partial charge on any atom is 0.226 e. The summed E-state index contributed by atoms with van der Waals surface area (Å²) in [6, 6.07) is 3.68. The fraction of sp³-hybridized carbons (Fsp3) is 0.611. The van der Waals surface area contributed by atoms with Crippen LogP contribution in [-0.4, -0.2) is 50.2 Å². The molecule has 24 heavy (non-hydrogen) atoms. The summed E-state index contributed by atoms with van der Waals surface area (Å²) in [6.45, 7) is 6.88. The van der Waals surface area contributed by atoms with Gasteiger partial charge in [-0.25, -0.2) is 0 Å². The molecule has 2 heterocycles. The molecule has 0 radical (unpaired) electrons. The molecular weight excluding hydrogens is 328 g/mol. The summed E-state index contributed by atoms with van der Waals surface area (Å²) >= 11 is 6.25. The highest BCUT2D eigenvalue weighted by molar-refractivity contribution is 6.32. The van der Waals surface area contributed by atoms with Crippen molar-refractivity contribution in [2.75, 3.05) is 39.4 Å². The zero-order valence-corrected chi connectivity index (χ0v) is 14.9. The fourth-order valence-corrected chi connectivity index (χ4v) is 3.58. The first kappa shape index (κ1) is 17.4. The summed E-state index contributed by atoms with van der Waals surface area (Å²) in [5, 5.41) is 3.91. The topological polar surface area (TPSA) is 50.8 Å². The molecule has 5 nitrogen and oxygen atoms in total. The number of halogens is 1. The van der Waals surface area contributed by atoms with Crippen LogP contribution >= 0.6 is 11.6 Å². The van der Waals surface area contributed by atoms with Crippen LogP contribution in [0.2, 0.25) is 5.02 Å². The standard InChI is InChI=1S/C18H25ClN2O3/c1-2-20-12-13-3-5-21(6-4-13)17(22)11-14-9-15(19)18-16(10-14)23-7-8-24-18/h9-10,13,20H,2-8,11-12H2,1H3. The Hall–Kier alpha value is -1.46. The highest BCUT2D eigenvalue weighted by Crippen LogP contribution is 2.38. The van der Waals surface area contributed by atoms with Crippen molar-refractivity contribution in [2.45, 2.75) is 26.2 Å². The van der Waals surface area contributed by atoms with Crippen LogP contribution < -0.4 is 14.8 Å². The normalized spacial score (nSPS) is 17.8. The van der Waals surface area contributed by atoms with Crippen molar-refractivity contribution in [2.24, 2.45) is 5.92 Å². The molecule has 1 aromatic rings. The van der Waals surface area contributed by atoms with Crippen molar-refractivity contribution in [1.29, 1.82) is 0 Å². The number of hydrogen-bond donors (Lipinski definition) is 1. The Kier molecular flexibility index (Phi) is 5.85. The van der Waals surface area contributed by atoms with Gasteiger partial charge in [0.2, 0.25) is 5.91 Å². The van der Waals surface area contributed by atoms with Crippen LogP contribution in [0.25, 0.3) is 0 Å². The van der Waals surface area contributed by atoms with Crippen LogP contribution in [0.3, 0.4) is 0 Å². The number of rotatable bonds is 5. The lowest BCUT2D eigenvalue weighted by molar-refractivity contribution is -0.131. The summed E-state index contributed by atoms with van der Waals surface area (Å²) < 4.78 is 11.1. The van der Waals surface area contributed by atoms with Crippen LogP contribution in [0.5, 0.6) is 11.5 Å². The molecule has 2 aliphatic rings. The van der Waals surface area contributed by atoms with E-state index in [1.54, 1.807) is 0 Å². The SMILES string of the molecule is CCNCC1CCN(C(=O)Cc2cc(Cl)c3c(c2)OCCO3)CC1. The predicted molar refractivity (Wildman–Crippen MR) is 94.0 cm³/mol. The van der Waals surface area contributed by atoms with Crippen LogP contribution in [0.1, 0.15) is 25.3 Å². The van der Waals surface area contributed by atoms with Gasteiger partial charge in [0, 0.05) is 13.1 Å². The maximum absolute atomic E-state index is 12.6. The van der Waals surface area contributed by atoms with E-state index in [-0.39, 0.29) is 5.91 Å². The Morgan fingerprint density at radius 1 is 1.29 bits per heavy atom. The average Bonchev–Trinajstić information content (AvgIpc) is 2.60. The smallest absolute Gasteiger partial charge is 0.226 e. The van der Waals surface area contributed by atoms with Crippen LogP contribution in [0.15, 0.2) is 12.1 Å². The van der Waals surface area contributed by atoms with Gasteiger partial charge < -0.3 is 19.7 Å². The molecule has 132 valence electrons. The van der Waals surface area contributed by atoms with E-state index in [0.717, 1.165) is 44.6 Å². The summed E-state index contributed by atoms with van der Waals surface area (Å²) in [6.07, 6.45) is 2.50. The Morgan fingerprint density at radius 3 is 2.79 bits per heavy atom. The lowest BCUT2D eigenvalue weighted by atomic mass is 9.96. The lowest BCUT2D eigenvalue weighted by Gasteiger charge is -2.32. The van der Waals surface area contributed by atoms with E-state index < -0.39 is 0 Å². The maximum atomic E-state index is 12.6. The summed E-state index contributed by atoms with van der Waals surface area (Å²) in [5.74, 6) is 2.06. The average molecular weight is 353 g/mol. The Morgan fingerprint density at radius 2 is 2.04 bits per heavy atom. The van der Waals surface area contributed by atoms with Crippen molar-refractivity contribution in [1.82, 2.24) is 10.2 Å². The van der Waals surface area contributed by atoms with Gasteiger partial charge in [-0.2, -0.15) is 0 Å². The molecule has 3 rings (SSSR count). The zero-order chi connectivity index (χ0) is 16.9. The predicted octanol–water partition coefficient (Wildman–Crippen LogP) is 2.50. The van der Waals surface area contributed by atoms with E-state index in [9.17, 15) is 4.79 Å². The van der Waals surface area contributed by atoms with E-state index in [1.807, 2.05) is 17.0 Å². The fourth-order valence-electron chi connectivity index (χ4n) is 3.29.